The molecule has 6 heterocycles. The van der Waals surface area contributed by atoms with Crippen molar-refractivity contribution in [3.63, 3.8) is 0 Å². The minimum Gasteiger partial charge on any atom is -0.508 e. The summed E-state index contributed by atoms with van der Waals surface area (Å²) in [6.07, 6.45) is -0.291. The summed E-state index contributed by atoms with van der Waals surface area (Å²) in [4.78, 5) is 61.2. The number of pyridine rings is 2. The number of H-pyrrole nitrogens is 1. The molecule has 0 saturated carbocycles. The quantitative estimate of drug-likeness (QED) is 0.104. The standard InChI is InChI=1S/C45H44N6O10/c1-5-44(6-2)36-31(20-33-38-25(22-50(33)40(36)55)17-24-18-27(52)9-12-32(24)46-38)37(41(56)61-44)45(13-15-49(16-14-45)43(58)59)60-28-10-7-26(8-11-28)51-39(47-48-42(51)57)30-19-29(23(3)4)34(53)21-35(30)54/h7-12,17-21,23,37,52-54H,5-6,13-16,22H2,1-4H3,(H,48,57)(H,58,59)/t37-/m1/s1. The number of carbonyl (C=O) groups is 2. The number of ether oxygens (including phenoxy) is 2. The molecule has 1 fully saturated rings. The zero-order chi connectivity index (χ0) is 43.1. The number of phenolic OH excluding ortho intramolecular Hbond substituents is 3. The molecule has 0 spiro atoms. The molecule has 3 aromatic carbocycles. The van der Waals surface area contributed by atoms with E-state index in [1.165, 1.54) is 15.5 Å². The summed E-state index contributed by atoms with van der Waals surface area (Å²) in [5, 5.41) is 48.7. The topological polar surface area (TPSA) is 222 Å². The largest absolute Gasteiger partial charge is 0.508 e. The van der Waals surface area contributed by atoms with Crippen LogP contribution < -0.4 is 16.0 Å². The van der Waals surface area contributed by atoms with Crippen LogP contribution in [0.1, 0.15) is 87.5 Å². The van der Waals surface area contributed by atoms with Gasteiger partial charge >= 0.3 is 17.8 Å². The molecule has 1 saturated heterocycles. The number of carbonyl (C=O) groups excluding carboxylic acids is 1. The van der Waals surface area contributed by atoms with E-state index in [2.05, 4.69) is 10.2 Å². The van der Waals surface area contributed by atoms with Crippen molar-refractivity contribution in [1.82, 2.24) is 29.2 Å². The molecule has 6 aromatic rings. The van der Waals surface area contributed by atoms with Crippen LogP contribution in [0.15, 0.2) is 76.3 Å². The van der Waals surface area contributed by atoms with Crippen molar-refractivity contribution < 1.29 is 39.5 Å². The number of phenols is 3. The van der Waals surface area contributed by atoms with Crippen LogP contribution in [0.4, 0.5) is 4.79 Å². The van der Waals surface area contributed by atoms with E-state index in [1.807, 2.05) is 39.8 Å². The van der Waals surface area contributed by atoms with Crippen LogP contribution in [0.3, 0.4) is 0 Å². The Labute approximate surface area is 348 Å². The lowest BCUT2D eigenvalue weighted by Crippen LogP contribution is -2.58. The van der Waals surface area contributed by atoms with Gasteiger partial charge in [0.05, 0.1) is 40.3 Å². The van der Waals surface area contributed by atoms with Crippen molar-refractivity contribution in [2.75, 3.05) is 13.1 Å². The average Bonchev–Trinajstić information content (AvgIpc) is 3.79. The highest BCUT2D eigenvalue weighted by Gasteiger charge is 2.57. The number of amides is 1. The van der Waals surface area contributed by atoms with Crippen LogP contribution >= 0.6 is 0 Å². The van der Waals surface area contributed by atoms with Crippen molar-refractivity contribution >= 4 is 23.0 Å². The minimum atomic E-state index is -1.39. The van der Waals surface area contributed by atoms with Gasteiger partial charge in [0.25, 0.3) is 5.56 Å². The van der Waals surface area contributed by atoms with E-state index in [0.717, 1.165) is 5.56 Å². The third-order valence-electron chi connectivity index (χ3n) is 12.7. The molecule has 0 aliphatic carbocycles. The first-order chi connectivity index (χ1) is 29.2. The van der Waals surface area contributed by atoms with Gasteiger partial charge in [-0.1, -0.05) is 27.7 Å². The molecule has 314 valence electrons. The number of aromatic amines is 1. The zero-order valence-corrected chi connectivity index (χ0v) is 33.9. The number of hydrogen-bond acceptors (Lipinski definition) is 11. The van der Waals surface area contributed by atoms with Gasteiger partial charge in [-0.25, -0.2) is 24.2 Å². The Bertz CT molecular complexity index is 2900. The molecule has 9 rings (SSSR count). The van der Waals surface area contributed by atoms with Gasteiger partial charge in [0.15, 0.2) is 5.82 Å². The van der Waals surface area contributed by atoms with Gasteiger partial charge in [0.1, 0.15) is 40.1 Å². The lowest BCUT2D eigenvalue weighted by Gasteiger charge is -2.49. The van der Waals surface area contributed by atoms with E-state index >= 15 is 0 Å². The predicted octanol–water partition coefficient (Wildman–Crippen LogP) is 6.45. The Morgan fingerprint density at radius 3 is 2.34 bits per heavy atom. The number of hydrogen-bond donors (Lipinski definition) is 5. The number of aromatic nitrogens is 5. The maximum absolute atomic E-state index is 14.9. The van der Waals surface area contributed by atoms with E-state index in [4.69, 9.17) is 14.5 Å². The summed E-state index contributed by atoms with van der Waals surface area (Å²) >= 11 is 0. The summed E-state index contributed by atoms with van der Waals surface area (Å²) in [7, 11) is 0. The monoisotopic (exact) mass is 828 g/mol. The molecule has 16 nitrogen and oxygen atoms in total. The maximum atomic E-state index is 14.9. The number of piperidine rings is 1. The van der Waals surface area contributed by atoms with Gasteiger partial charge in [-0.2, -0.15) is 5.10 Å². The van der Waals surface area contributed by atoms with E-state index < -0.39 is 34.9 Å². The molecule has 3 aliphatic heterocycles. The normalized spacial score (nSPS) is 17.5. The number of rotatable bonds is 8. The lowest BCUT2D eigenvalue weighted by molar-refractivity contribution is -0.176. The number of nitrogens with zero attached hydrogens (tertiary/aromatic N) is 5. The van der Waals surface area contributed by atoms with Crippen LogP contribution in [0.5, 0.6) is 23.0 Å². The summed E-state index contributed by atoms with van der Waals surface area (Å²) in [6.45, 7) is 7.81. The molecule has 0 bridgehead atoms. The van der Waals surface area contributed by atoms with Gasteiger partial charge in [0.2, 0.25) is 0 Å². The number of fused-ring (bicyclic) bond motifs is 5. The van der Waals surface area contributed by atoms with Crippen molar-refractivity contribution in [1.29, 1.82) is 0 Å². The Kier molecular flexibility index (Phi) is 9.21. The second-order valence-electron chi connectivity index (χ2n) is 16.4. The Hall–Kier alpha value is -7.10. The van der Waals surface area contributed by atoms with Gasteiger partial charge in [0, 0.05) is 42.9 Å². The summed E-state index contributed by atoms with van der Waals surface area (Å²) < 4.78 is 16.2. The van der Waals surface area contributed by atoms with Crippen LogP contribution in [-0.2, 0) is 21.7 Å². The third kappa shape index (κ3) is 6.18. The number of aromatic hydroxyl groups is 3. The Balaban J connectivity index is 1.16. The number of likely N-dealkylation sites (tertiary alicyclic amines) is 1. The fourth-order valence-electron chi connectivity index (χ4n) is 9.48. The van der Waals surface area contributed by atoms with Crippen LogP contribution in [-0.4, -0.2) is 80.4 Å². The molecule has 16 heteroatoms. The SMILES string of the molecule is CCC1(CC)OC(=O)[C@H](C2(Oc3ccc(-n4c(-c5cc(C(C)C)c(O)cc5O)n[nH]c4=O)cc3)CCN(C(=O)O)CC2)c2cc3n(c(=O)c21)Cc1cc2cc(O)ccc2nc1-3. The molecule has 0 unspecified atom stereocenters. The van der Waals surface area contributed by atoms with E-state index in [0.29, 0.717) is 63.3 Å². The van der Waals surface area contributed by atoms with Gasteiger partial charge in [-0.3, -0.25) is 9.59 Å². The molecule has 1 atom stereocenters. The van der Waals surface area contributed by atoms with Crippen molar-refractivity contribution in [3.05, 3.63) is 110 Å². The minimum absolute atomic E-state index is 0.0363. The Morgan fingerprint density at radius 1 is 0.951 bits per heavy atom. The highest BCUT2D eigenvalue weighted by atomic mass is 16.6. The van der Waals surface area contributed by atoms with Crippen molar-refractivity contribution in [2.45, 2.75) is 83.0 Å². The van der Waals surface area contributed by atoms with Crippen molar-refractivity contribution in [2.24, 2.45) is 0 Å². The molecule has 3 aliphatic rings. The molecular weight excluding hydrogens is 785 g/mol. The first kappa shape index (κ1) is 39.4. The van der Waals surface area contributed by atoms with Crippen LogP contribution in [0.2, 0.25) is 0 Å². The van der Waals surface area contributed by atoms with E-state index in [-0.39, 0.29) is 72.6 Å². The van der Waals surface area contributed by atoms with Crippen LogP contribution in [0, 0.1) is 0 Å². The fraction of sp³-hybridized carbons (Fsp3) is 0.333. The van der Waals surface area contributed by atoms with Crippen LogP contribution in [0.25, 0.3) is 39.4 Å². The fourth-order valence-corrected chi connectivity index (χ4v) is 9.48. The van der Waals surface area contributed by atoms with Crippen molar-refractivity contribution in [3.8, 4) is 51.5 Å². The average molecular weight is 829 g/mol. The number of carboxylic acid groups (broad SMARTS) is 1. The highest BCUT2D eigenvalue weighted by Crippen LogP contribution is 2.51. The number of benzene rings is 3. The first-order valence-electron chi connectivity index (χ1n) is 20.3. The maximum Gasteiger partial charge on any atom is 0.407 e. The molecule has 1 amide bonds. The van der Waals surface area contributed by atoms with Gasteiger partial charge in [-0.05, 0) is 90.6 Å². The molecule has 3 aromatic heterocycles. The van der Waals surface area contributed by atoms with Gasteiger partial charge < -0.3 is 39.4 Å². The second-order valence-corrected chi connectivity index (χ2v) is 16.4. The predicted molar refractivity (Wildman–Crippen MR) is 223 cm³/mol. The zero-order valence-electron chi connectivity index (χ0n) is 33.9. The first-order valence-corrected chi connectivity index (χ1v) is 20.3. The van der Waals surface area contributed by atoms with E-state index in [1.54, 1.807) is 53.1 Å². The molecule has 0 radical (unpaired) electrons. The van der Waals surface area contributed by atoms with E-state index in [9.17, 15) is 39.6 Å². The molecule has 61 heavy (non-hydrogen) atoms. The highest BCUT2D eigenvalue weighted by molar-refractivity contribution is 5.87. The third-order valence-corrected chi connectivity index (χ3v) is 12.7. The summed E-state index contributed by atoms with van der Waals surface area (Å²) in [5.41, 5.74) is 0.920. The van der Waals surface area contributed by atoms with Gasteiger partial charge in [-0.15, -0.1) is 0 Å². The summed E-state index contributed by atoms with van der Waals surface area (Å²) in [5.74, 6) is -1.70. The molecule has 5 N–H and O–H groups in total. The Morgan fingerprint density at radius 2 is 1.67 bits per heavy atom. The number of nitrogens with one attached hydrogen (secondary N) is 1. The summed E-state index contributed by atoms with van der Waals surface area (Å²) in [6, 6.07) is 17.9. The number of cyclic esters (lactones) is 1. The number of esters is 1. The second kappa shape index (κ2) is 14.3. The lowest BCUT2D eigenvalue weighted by atomic mass is 9.69. The molecular formula is C45H44N6O10. The smallest absolute Gasteiger partial charge is 0.407 e.